The van der Waals surface area contributed by atoms with Gasteiger partial charge in [0.15, 0.2) is 0 Å². The second-order valence-corrected chi connectivity index (χ2v) is 4.75. The summed E-state index contributed by atoms with van der Waals surface area (Å²) in [4.78, 5) is 22.8. The van der Waals surface area contributed by atoms with E-state index < -0.39 is 5.56 Å². The summed E-state index contributed by atoms with van der Waals surface area (Å²) in [6, 6.07) is 0. The molecule has 0 aliphatic carbocycles. The predicted octanol–water partition coefficient (Wildman–Crippen LogP) is 0.381. The van der Waals surface area contributed by atoms with E-state index in [-0.39, 0.29) is 11.9 Å². The van der Waals surface area contributed by atoms with Crippen molar-refractivity contribution < 1.29 is 9.53 Å². The topological polar surface area (TPSA) is 126 Å². The number of esters is 1. The molecule has 1 rings (SSSR count). The van der Waals surface area contributed by atoms with Gasteiger partial charge in [-0.25, -0.2) is 0 Å². The fraction of sp³-hybridized carbons (Fsp3) is 0.692. The molecule has 8 heteroatoms. The van der Waals surface area contributed by atoms with Crippen LogP contribution in [0.25, 0.3) is 0 Å². The number of rotatable bonds is 9. The van der Waals surface area contributed by atoms with E-state index in [9.17, 15) is 9.59 Å². The van der Waals surface area contributed by atoms with Crippen LogP contribution in [0, 0.1) is 0 Å². The zero-order valence-electron chi connectivity index (χ0n) is 12.4. The maximum Gasteiger partial charge on any atom is 0.305 e. The van der Waals surface area contributed by atoms with Gasteiger partial charge in [-0.1, -0.05) is 19.3 Å². The minimum Gasteiger partial charge on any atom is -0.466 e. The number of nitrogen functional groups attached to an aromatic ring is 2. The predicted molar refractivity (Wildman–Crippen MR) is 78.9 cm³/mol. The molecule has 4 N–H and O–H groups in total. The zero-order valence-corrected chi connectivity index (χ0v) is 12.4. The van der Waals surface area contributed by atoms with E-state index in [1.807, 2.05) is 0 Å². The fourth-order valence-corrected chi connectivity index (χ4v) is 1.93. The summed E-state index contributed by atoms with van der Waals surface area (Å²) in [6.45, 7) is 2.23. The Bertz CT molecular complexity index is 515. The number of aryl methyl sites for hydroxylation is 1. The average molecular weight is 297 g/mol. The Morgan fingerprint density at radius 3 is 2.57 bits per heavy atom. The molecule has 118 valence electrons. The maximum atomic E-state index is 11.7. The largest absolute Gasteiger partial charge is 0.466 e. The van der Waals surface area contributed by atoms with Gasteiger partial charge >= 0.3 is 5.97 Å². The van der Waals surface area contributed by atoms with Crippen molar-refractivity contribution >= 4 is 11.9 Å². The van der Waals surface area contributed by atoms with Crippen LogP contribution in [0.1, 0.15) is 51.1 Å². The van der Waals surface area contributed by atoms with E-state index >= 15 is 0 Å². The third-order valence-corrected chi connectivity index (χ3v) is 3.09. The van der Waals surface area contributed by atoms with Gasteiger partial charge in [0.25, 0.3) is 5.56 Å². The second kappa shape index (κ2) is 8.93. The van der Waals surface area contributed by atoms with E-state index in [0.717, 1.165) is 36.8 Å². The van der Waals surface area contributed by atoms with Gasteiger partial charge in [0.2, 0.25) is 5.95 Å². The van der Waals surface area contributed by atoms with Crippen molar-refractivity contribution in [1.82, 2.24) is 14.9 Å². The number of hydrogen-bond donors (Lipinski definition) is 2. The highest BCUT2D eigenvalue weighted by atomic mass is 16.5. The molecule has 21 heavy (non-hydrogen) atoms. The molecule has 0 radical (unpaired) electrons. The first-order valence-electron chi connectivity index (χ1n) is 7.21. The van der Waals surface area contributed by atoms with Crippen LogP contribution < -0.4 is 17.1 Å². The van der Waals surface area contributed by atoms with Crippen LogP contribution in [0.2, 0.25) is 0 Å². The summed E-state index contributed by atoms with van der Waals surface area (Å²) < 4.78 is 5.66. The summed E-state index contributed by atoms with van der Waals surface area (Å²) >= 11 is 0. The number of nitrogens with two attached hydrogens (primary N) is 2. The average Bonchev–Trinajstić information content (AvgIpc) is 2.46. The lowest BCUT2D eigenvalue weighted by molar-refractivity contribution is -0.143. The quantitative estimate of drug-likeness (QED) is 0.383. The molecule has 0 aliphatic rings. The van der Waals surface area contributed by atoms with Gasteiger partial charge in [0.1, 0.15) is 5.69 Å². The summed E-state index contributed by atoms with van der Waals surface area (Å²) in [6.07, 6.45) is 5.57. The van der Waals surface area contributed by atoms with Gasteiger partial charge in [-0.05, 0) is 26.2 Å². The summed E-state index contributed by atoms with van der Waals surface area (Å²) in [7, 11) is 0. The lowest BCUT2D eigenvalue weighted by Gasteiger charge is -2.04. The Morgan fingerprint density at radius 1 is 1.19 bits per heavy atom. The number of ether oxygens (including phenoxy) is 1. The lowest BCUT2D eigenvalue weighted by Crippen LogP contribution is -2.34. The van der Waals surface area contributed by atoms with E-state index in [1.165, 1.54) is 0 Å². The van der Waals surface area contributed by atoms with Gasteiger partial charge in [0, 0.05) is 6.42 Å². The van der Waals surface area contributed by atoms with Gasteiger partial charge in [0.05, 0.1) is 6.61 Å². The van der Waals surface area contributed by atoms with Crippen LogP contribution in [-0.2, 0) is 16.0 Å². The molecular formula is C13H23N5O3. The van der Waals surface area contributed by atoms with Gasteiger partial charge in [-0.15, -0.1) is 10.2 Å². The van der Waals surface area contributed by atoms with Gasteiger partial charge in [-0.2, -0.15) is 4.68 Å². The Kier molecular flexibility index (Phi) is 7.20. The van der Waals surface area contributed by atoms with Crippen LogP contribution in [0.5, 0.6) is 0 Å². The van der Waals surface area contributed by atoms with Crippen molar-refractivity contribution in [3.05, 3.63) is 16.0 Å². The van der Waals surface area contributed by atoms with Crippen LogP contribution in [-0.4, -0.2) is 27.4 Å². The molecule has 1 aromatic heterocycles. The summed E-state index contributed by atoms with van der Waals surface area (Å²) in [5.74, 6) is 5.20. The van der Waals surface area contributed by atoms with E-state index in [1.54, 1.807) is 6.92 Å². The molecule has 0 aromatic carbocycles. The molecule has 1 heterocycles. The van der Waals surface area contributed by atoms with Crippen molar-refractivity contribution in [2.75, 3.05) is 18.2 Å². The number of hydrogen-bond acceptors (Lipinski definition) is 7. The number of aromatic nitrogens is 3. The highest BCUT2D eigenvalue weighted by molar-refractivity contribution is 5.69. The fourth-order valence-electron chi connectivity index (χ4n) is 1.93. The Morgan fingerprint density at radius 2 is 1.86 bits per heavy atom. The number of anilines is 1. The molecule has 0 atom stereocenters. The number of carbonyl (C=O) groups excluding carboxylic acids is 1. The zero-order chi connectivity index (χ0) is 15.7. The first-order valence-corrected chi connectivity index (χ1v) is 7.21. The molecule has 0 amide bonds. The molecular weight excluding hydrogens is 274 g/mol. The van der Waals surface area contributed by atoms with Crippen molar-refractivity contribution in [3.63, 3.8) is 0 Å². The van der Waals surface area contributed by atoms with Crippen molar-refractivity contribution in [2.24, 2.45) is 0 Å². The number of carbonyl (C=O) groups is 1. The second-order valence-electron chi connectivity index (χ2n) is 4.75. The first-order chi connectivity index (χ1) is 10.1. The number of nitrogens with zero attached hydrogens (tertiary/aromatic N) is 3. The van der Waals surface area contributed by atoms with E-state index in [0.29, 0.717) is 25.1 Å². The Hall–Kier alpha value is -2.12. The summed E-state index contributed by atoms with van der Waals surface area (Å²) in [5, 5.41) is 7.39. The molecule has 0 spiro atoms. The van der Waals surface area contributed by atoms with Gasteiger partial charge < -0.3 is 16.3 Å². The molecule has 0 fully saturated rings. The smallest absolute Gasteiger partial charge is 0.305 e. The monoisotopic (exact) mass is 297 g/mol. The molecule has 0 aliphatic heterocycles. The third kappa shape index (κ3) is 5.80. The van der Waals surface area contributed by atoms with Gasteiger partial charge in [-0.3, -0.25) is 9.59 Å². The molecule has 0 unspecified atom stereocenters. The first kappa shape index (κ1) is 16.9. The highest BCUT2D eigenvalue weighted by Crippen LogP contribution is 2.08. The molecule has 0 saturated heterocycles. The van der Waals surface area contributed by atoms with E-state index in [4.69, 9.17) is 16.3 Å². The highest BCUT2D eigenvalue weighted by Gasteiger charge is 2.07. The Balaban J connectivity index is 2.16. The van der Waals surface area contributed by atoms with Crippen molar-refractivity contribution in [1.29, 1.82) is 0 Å². The van der Waals surface area contributed by atoms with Crippen LogP contribution in [0.3, 0.4) is 0 Å². The standard InChI is InChI=1S/C13H23N5O3/c1-2-21-11(19)9-7-5-3-4-6-8-10-12(20)18(15)13(14)17-16-10/h2-9,15H2,1H3,(H2,14,17). The van der Waals surface area contributed by atoms with Crippen LogP contribution in [0.4, 0.5) is 5.95 Å². The maximum absolute atomic E-state index is 11.7. The minimum atomic E-state index is -0.398. The summed E-state index contributed by atoms with van der Waals surface area (Å²) in [5.41, 5.74) is 5.31. The van der Waals surface area contributed by atoms with Crippen molar-refractivity contribution in [3.8, 4) is 0 Å². The minimum absolute atomic E-state index is 0.0947. The molecule has 0 bridgehead atoms. The SMILES string of the molecule is CCOC(=O)CCCCCCCc1nnc(N)n(N)c1=O. The van der Waals surface area contributed by atoms with Crippen LogP contribution >= 0.6 is 0 Å². The normalized spacial score (nSPS) is 10.5. The molecule has 1 aromatic rings. The van der Waals surface area contributed by atoms with Crippen LogP contribution in [0.15, 0.2) is 4.79 Å². The number of unbranched alkanes of at least 4 members (excludes halogenated alkanes) is 4. The molecule has 8 nitrogen and oxygen atoms in total. The van der Waals surface area contributed by atoms with E-state index in [2.05, 4.69) is 10.2 Å². The lowest BCUT2D eigenvalue weighted by atomic mass is 10.1. The Labute approximate surface area is 123 Å². The van der Waals surface area contributed by atoms with Crippen molar-refractivity contribution in [2.45, 2.75) is 51.9 Å². The molecule has 0 saturated carbocycles. The third-order valence-electron chi connectivity index (χ3n) is 3.09.